The molecule has 3 aromatic rings. The molecule has 1 spiro atoms. The van der Waals surface area contributed by atoms with E-state index < -0.39 is 60.5 Å². The number of carbonyl (C=O) groups is 6. The first-order valence-corrected chi connectivity index (χ1v) is 18.1. The summed E-state index contributed by atoms with van der Waals surface area (Å²) < 4.78 is 60.2. The van der Waals surface area contributed by atoms with Crippen molar-refractivity contribution in [3.8, 4) is 0 Å². The summed E-state index contributed by atoms with van der Waals surface area (Å²) >= 11 is 0. The molecule has 5 amide bonds. The van der Waals surface area contributed by atoms with E-state index in [0.29, 0.717) is 32.2 Å². The first-order valence-electron chi connectivity index (χ1n) is 18.1. The molecule has 290 valence electrons. The lowest BCUT2D eigenvalue weighted by atomic mass is 9.94. The molecule has 2 N–H and O–H groups in total. The molecule has 6 rings (SSSR count). The van der Waals surface area contributed by atoms with E-state index in [-0.39, 0.29) is 55.4 Å². The maximum Gasteiger partial charge on any atom is 0.418 e. The summed E-state index contributed by atoms with van der Waals surface area (Å²) in [6.07, 6.45) is -1.98. The second kappa shape index (κ2) is 16.0. The van der Waals surface area contributed by atoms with Gasteiger partial charge in [-0.15, -0.1) is 0 Å². The Kier molecular flexibility index (Phi) is 11.4. The molecule has 0 aromatic heterocycles. The normalized spacial score (nSPS) is 18.6. The van der Waals surface area contributed by atoms with Crippen molar-refractivity contribution in [2.45, 2.75) is 89.2 Å². The average molecular weight is 765 g/mol. The number of nitrogens with zero attached hydrogens (tertiary/aromatic N) is 2. The third kappa shape index (κ3) is 8.71. The van der Waals surface area contributed by atoms with Gasteiger partial charge in [-0.1, -0.05) is 55.3 Å². The van der Waals surface area contributed by atoms with Crippen LogP contribution in [0.4, 0.5) is 28.0 Å². The van der Waals surface area contributed by atoms with Crippen LogP contribution in [0.1, 0.15) is 84.5 Å². The molecular formula is C40H40F4N4O7. The van der Waals surface area contributed by atoms with E-state index in [1.54, 1.807) is 30.3 Å². The van der Waals surface area contributed by atoms with Gasteiger partial charge in [0.25, 0.3) is 5.91 Å². The van der Waals surface area contributed by atoms with Gasteiger partial charge in [0.1, 0.15) is 18.4 Å². The fourth-order valence-corrected chi connectivity index (χ4v) is 7.31. The number of ether oxygens (including phenoxy) is 1. The molecule has 1 saturated heterocycles. The zero-order chi connectivity index (χ0) is 39.5. The second-order valence-corrected chi connectivity index (χ2v) is 14.2. The molecule has 1 aliphatic heterocycles. The van der Waals surface area contributed by atoms with Crippen LogP contribution in [-0.4, -0.2) is 64.1 Å². The van der Waals surface area contributed by atoms with Crippen LogP contribution >= 0.6 is 0 Å². The number of benzene rings is 3. The molecule has 3 aromatic carbocycles. The molecular weight excluding hydrogens is 724 g/mol. The van der Waals surface area contributed by atoms with Gasteiger partial charge in [0.05, 0.1) is 0 Å². The Morgan fingerprint density at radius 2 is 1.58 bits per heavy atom. The fourth-order valence-electron chi connectivity index (χ4n) is 7.31. The third-order valence-electron chi connectivity index (χ3n) is 10.5. The highest BCUT2D eigenvalue weighted by Gasteiger charge is 2.58. The Morgan fingerprint density at radius 1 is 0.927 bits per heavy atom. The summed E-state index contributed by atoms with van der Waals surface area (Å²) in [5.41, 5.74) is 1.16. The Labute approximate surface area is 314 Å². The molecule has 1 saturated carbocycles. The number of carbonyl (C=O) groups excluding carboxylic acids is 6. The summed E-state index contributed by atoms with van der Waals surface area (Å²) in [7, 11) is 0. The monoisotopic (exact) mass is 764 g/mol. The SMILES string of the molecule is C[C@H](N(Cc1ccc(F)cc1)C(=O)CN1C(=O)O[C@@]2(CCc3cc(NC(=O)CCC(=O)NCc4ccc(C(=O)C5CCCC5)cc4)ccc32)C1=O)C(F)(F)F. The fraction of sp³-hybridized carbons (Fsp3) is 0.400. The van der Waals surface area contributed by atoms with E-state index in [0.717, 1.165) is 50.3 Å². The van der Waals surface area contributed by atoms with Crippen LogP contribution in [0.25, 0.3) is 0 Å². The Hall–Kier alpha value is -5.60. The van der Waals surface area contributed by atoms with E-state index >= 15 is 0 Å². The van der Waals surface area contributed by atoms with Crippen molar-refractivity contribution in [1.82, 2.24) is 15.1 Å². The molecule has 11 nitrogen and oxygen atoms in total. The summed E-state index contributed by atoms with van der Waals surface area (Å²) in [5, 5.41) is 5.49. The van der Waals surface area contributed by atoms with Crippen LogP contribution < -0.4 is 10.6 Å². The van der Waals surface area contributed by atoms with E-state index in [4.69, 9.17) is 4.74 Å². The maximum atomic E-state index is 13.8. The molecule has 1 heterocycles. The van der Waals surface area contributed by atoms with Gasteiger partial charge in [-0.25, -0.2) is 14.1 Å². The number of fused-ring (bicyclic) bond motifs is 2. The van der Waals surface area contributed by atoms with Crippen molar-refractivity contribution in [3.05, 3.63) is 100 Å². The molecule has 2 atom stereocenters. The first kappa shape index (κ1) is 39.1. The number of imide groups is 1. The molecule has 0 bridgehead atoms. The molecule has 0 radical (unpaired) electrons. The minimum Gasteiger partial charge on any atom is -0.427 e. The first-order chi connectivity index (χ1) is 26.1. The van der Waals surface area contributed by atoms with Gasteiger partial charge >= 0.3 is 12.3 Å². The molecule has 55 heavy (non-hydrogen) atoms. The maximum absolute atomic E-state index is 13.8. The Morgan fingerprint density at radius 3 is 2.25 bits per heavy atom. The predicted octanol–water partition coefficient (Wildman–Crippen LogP) is 6.33. The summed E-state index contributed by atoms with van der Waals surface area (Å²) in [6.45, 7) is -0.552. The smallest absolute Gasteiger partial charge is 0.418 e. The summed E-state index contributed by atoms with van der Waals surface area (Å²) in [4.78, 5) is 78.7. The number of anilines is 1. The molecule has 2 fully saturated rings. The van der Waals surface area contributed by atoms with Crippen LogP contribution in [0.15, 0.2) is 66.7 Å². The van der Waals surface area contributed by atoms with Gasteiger partial charge in [0.15, 0.2) is 5.78 Å². The van der Waals surface area contributed by atoms with Crippen molar-refractivity contribution >= 4 is 41.2 Å². The summed E-state index contributed by atoms with van der Waals surface area (Å²) in [6, 6.07) is 14.0. The van der Waals surface area contributed by atoms with E-state index in [2.05, 4.69) is 10.6 Å². The second-order valence-electron chi connectivity index (χ2n) is 14.2. The largest absolute Gasteiger partial charge is 0.427 e. The number of hydrogen-bond acceptors (Lipinski definition) is 7. The molecule has 15 heteroatoms. The predicted molar refractivity (Wildman–Crippen MR) is 190 cm³/mol. The lowest BCUT2D eigenvalue weighted by Gasteiger charge is -2.31. The van der Waals surface area contributed by atoms with Crippen LogP contribution in [0, 0.1) is 11.7 Å². The van der Waals surface area contributed by atoms with Gasteiger partial charge < -0.3 is 20.3 Å². The number of rotatable bonds is 13. The van der Waals surface area contributed by atoms with E-state index in [9.17, 15) is 46.3 Å². The number of aryl methyl sites for hydroxylation is 1. The number of amides is 5. The van der Waals surface area contributed by atoms with Crippen LogP contribution in [0.5, 0.6) is 0 Å². The standard InChI is InChI=1S/C40H40F4N4O7/c1-24(40(42,43)44)47(22-26-8-12-30(41)13-9-26)35(51)23-48-37(53)39(55-38(48)54)19-18-29-20-31(14-15-32(29)39)46-34(50)17-16-33(49)45-21-25-6-10-28(11-7-25)36(52)27-4-2-3-5-27/h6-15,20,24,27H,2-5,16-19,21-23H2,1H3,(H,45,49)(H,46,50)/t24-,39+/m0/s1. The summed E-state index contributed by atoms with van der Waals surface area (Å²) in [5.74, 6) is -3.22. The van der Waals surface area contributed by atoms with Crippen LogP contribution in [-0.2, 0) is 49.0 Å². The highest BCUT2D eigenvalue weighted by molar-refractivity contribution is 6.06. The quantitative estimate of drug-likeness (QED) is 0.153. The highest BCUT2D eigenvalue weighted by Crippen LogP contribution is 2.46. The number of halogens is 4. The third-order valence-corrected chi connectivity index (χ3v) is 10.5. The molecule has 0 unspecified atom stereocenters. The van der Waals surface area contributed by atoms with Gasteiger partial charge in [-0.3, -0.25) is 24.0 Å². The van der Waals surface area contributed by atoms with Gasteiger partial charge in [-0.05, 0) is 67.1 Å². The van der Waals surface area contributed by atoms with E-state index in [1.165, 1.54) is 24.3 Å². The van der Waals surface area contributed by atoms with Crippen LogP contribution in [0.2, 0.25) is 0 Å². The highest BCUT2D eigenvalue weighted by atomic mass is 19.4. The number of ketones is 1. The average Bonchev–Trinajstić information content (AvgIpc) is 3.88. The van der Waals surface area contributed by atoms with Crippen molar-refractivity contribution in [2.75, 3.05) is 11.9 Å². The molecule has 2 aliphatic carbocycles. The Bertz CT molecular complexity index is 1980. The lowest BCUT2D eigenvalue weighted by Crippen LogP contribution is -2.51. The van der Waals surface area contributed by atoms with Crippen LogP contribution in [0.3, 0.4) is 0 Å². The van der Waals surface area contributed by atoms with Gasteiger partial charge in [0, 0.05) is 55.1 Å². The number of nitrogens with one attached hydrogen (secondary N) is 2. The minimum atomic E-state index is -4.83. The van der Waals surface area contributed by atoms with E-state index in [1.807, 2.05) is 0 Å². The zero-order valence-corrected chi connectivity index (χ0v) is 30.0. The number of hydrogen-bond donors (Lipinski definition) is 2. The number of Topliss-reactive ketones (excluding diaryl/α,β-unsaturated/α-hetero) is 1. The number of alkyl halides is 3. The topological polar surface area (TPSA) is 142 Å². The van der Waals surface area contributed by atoms with Crippen molar-refractivity contribution in [1.29, 1.82) is 0 Å². The Balaban J connectivity index is 1.02. The lowest BCUT2D eigenvalue weighted by molar-refractivity contribution is -0.187. The zero-order valence-electron chi connectivity index (χ0n) is 30.0. The van der Waals surface area contributed by atoms with Crippen molar-refractivity contribution in [2.24, 2.45) is 5.92 Å². The van der Waals surface area contributed by atoms with Gasteiger partial charge in [0.2, 0.25) is 23.3 Å². The van der Waals surface area contributed by atoms with Crippen molar-refractivity contribution in [3.63, 3.8) is 0 Å². The van der Waals surface area contributed by atoms with Gasteiger partial charge in [-0.2, -0.15) is 13.2 Å². The minimum absolute atomic E-state index is 0.00691. The molecule has 3 aliphatic rings. The van der Waals surface area contributed by atoms with Crippen molar-refractivity contribution < 1.29 is 51.1 Å².